The Morgan fingerprint density at radius 1 is 1.15 bits per heavy atom. The van der Waals surface area contributed by atoms with Gasteiger partial charge in [-0.25, -0.2) is 4.79 Å². The lowest BCUT2D eigenvalue weighted by atomic mass is 9.70. The SMILES string of the molecule is CCC(C)C(NC(=O)C(O)Cc1ccc(O)c(O)c1)C(=O)N1CCCC1C(=O)OC1CC2CC[C@@]1(C)C2(C)C. The molecule has 4 rings (SSSR count). The first-order valence-electron chi connectivity index (χ1n) is 14.3. The van der Waals surface area contributed by atoms with E-state index in [2.05, 4.69) is 26.1 Å². The summed E-state index contributed by atoms with van der Waals surface area (Å²) in [5.74, 6) is -1.75. The van der Waals surface area contributed by atoms with Crippen LogP contribution < -0.4 is 5.32 Å². The van der Waals surface area contributed by atoms with Crippen molar-refractivity contribution >= 4 is 17.8 Å². The van der Waals surface area contributed by atoms with Crippen molar-refractivity contribution in [1.29, 1.82) is 0 Å². The largest absolute Gasteiger partial charge is 0.504 e. The molecule has 3 fully saturated rings. The van der Waals surface area contributed by atoms with E-state index in [0.717, 1.165) is 19.3 Å². The molecule has 2 amide bonds. The molecule has 7 atom stereocenters. The second kappa shape index (κ2) is 11.0. The van der Waals surface area contributed by atoms with Gasteiger partial charge < -0.3 is 30.3 Å². The van der Waals surface area contributed by atoms with Crippen LogP contribution in [0, 0.1) is 22.7 Å². The van der Waals surface area contributed by atoms with E-state index in [0.29, 0.717) is 37.3 Å². The first-order valence-corrected chi connectivity index (χ1v) is 14.3. The molecule has 1 aromatic rings. The fourth-order valence-corrected chi connectivity index (χ4v) is 6.93. The number of phenols is 2. The number of aliphatic hydroxyl groups is 1. The Hall–Kier alpha value is -2.81. The van der Waals surface area contributed by atoms with Crippen LogP contribution in [-0.4, -0.2) is 68.8 Å². The van der Waals surface area contributed by atoms with Gasteiger partial charge in [-0.05, 0) is 67.1 Å². The average molecular weight is 545 g/mol. The Balaban J connectivity index is 1.42. The molecule has 4 N–H and O–H groups in total. The van der Waals surface area contributed by atoms with Crippen LogP contribution in [0.2, 0.25) is 0 Å². The molecule has 2 saturated carbocycles. The fraction of sp³-hybridized carbons (Fsp3) is 0.700. The Bertz CT molecular complexity index is 1100. The number of fused-ring (bicyclic) bond motifs is 2. The summed E-state index contributed by atoms with van der Waals surface area (Å²) in [6.07, 6.45) is 3.13. The zero-order valence-corrected chi connectivity index (χ0v) is 23.8. The fourth-order valence-electron chi connectivity index (χ4n) is 6.93. The van der Waals surface area contributed by atoms with E-state index in [1.807, 2.05) is 13.8 Å². The molecule has 216 valence electrons. The summed E-state index contributed by atoms with van der Waals surface area (Å²) in [6, 6.07) is 2.47. The Labute approximate surface area is 230 Å². The van der Waals surface area contributed by atoms with Crippen molar-refractivity contribution < 1.29 is 34.4 Å². The lowest BCUT2D eigenvalue weighted by molar-refractivity contribution is -0.165. The van der Waals surface area contributed by atoms with Gasteiger partial charge in [0.1, 0.15) is 24.3 Å². The molecule has 2 bridgehead atoms. The summed E-state index contributed by atoms with van der Waals surface area (Å²) in [5.41, 5.74) is 0.493. The maximum Gasteiger partial charge on any atom is 0.329 e. The predicted octanol–water partition coefficient (Wildman–Crippen LogP) is 3.28. The van der Waals surface area contributed by atoms with E-state index < -0.39 is 24.1 Å². The smallest absolute Gasteiger partial charge is 0.329 e. The molecule has 0 aromatic heterocycles. The zero-order chi connectivity index (χ0) is 28.7. The van der Waals surface area contributed by atoms with Crippen molar-refractivity contribution in [1.82, 2.24) is 10.2 Å². The topological polar surface area (TPSA) is 136 Å². The molecule has 6 unspecified atom stereocenters. The lowest BCUT2D eigenvalue weighted by Gasteiger charge is -2.39. The van der Waals surface area contributed by atoms with Crippen molar-refractivity contribution in [2.24, 2.45) is 22.7 Å². The normalized spacial score (nSPS) is 29.6. The third kappa shape index (κ3) is 5.34. The van der Waals surface area contributed by atoms with Crippen molar-refractivity contribution in [3.8, 4) is 11.5 Å². The number of phenolic OH excluding ortho intramolecular Hbond substituents is 2. The monoisotopic (exact) mass is 544 g/mol. The van der Waals surface area contributed by atoms with E-state index in [1.165, 1.54) is 18.2 Å². The summed E-state index contributed by atoms with van der Waals surface area (Å²) in [6.45, 7) is 10.9. The number of nitrogens with zero attached hydrogens (tertiary/aromatic N) is 1. The maximum absolute atomic E-state index is 13.8. The highest BCUT2D eigenvalue weighted by molar-refractivity contribution is 5.92. The summed E-state index contributed by atoms with van der Waals surface area (Å²) in [5, 5.41) is 32.5. The molecule has 0 spiro atoms. The quantitative estimate of drug-likeness (QED) is 0.277. The molecule has 9 heteroatoms. The minimum atomic E-state index is -1.46. The Morgan fingerprint density at radius 3 is 2.46 bits per heavy atom. The summed E-state index contributed by atoms with van der Waals surface area (Å²) in [4.78, 5) is 41.6. The molecular formula is C30H44N2O7. The number of carbonyl (C=O) groups excluding carboxylic acids is 3. The molecule has 2 aliphatic carbocycles. The maximum atomic E-state index is 13.8. The number of esters is 1. The molecule has 1 heterocycles. The van der Waals surface area contributed by atoms with Crippen LogP contribution in [0.5, 0.6) is 11.5 Å². The Kier molecular flexibility index (Phi) is 8.22. The average Bonchev–Trinajstić information content (AvgIpc) is 3.52. The minimum absolute atomic E-state index is 0.0710. The van der Waals surface area contributed by atoms with E-state index in [9.17, 15) is 29.7 Å². The number of hydrogen-bond acceptors (Lipinski definition) is 7. The summed E-state index contributed by atoms with van der Waals surface area (Å²) < 4.78 is 6.12. The van der Waals surface area contributed by atoms with Crippen LogP contribution in [0.25, 0.3) is 0 Å². The van der Waals surface area contributed by atoms with Gasteiger partial charge in [-0.3, -0.25) is 9.59 Å². The Morgan fingerprint density at radius 2 is 1.87 bits per heavy atom. The van der Waals surface area contributed by atoms with Gasteiger partial charge in [-0.2, -0.15) is 0 Å². The van der Waals surface area contributed by atoms with Gasteiger partial charge in [0.25, 0.3) is 0 Å². The number of nitrogens with one attached hydrogen (secondary N) is 1. The van der Waals surface area contributed by atoms with Crippen molar-refractivity contribution in [3.63, 3.8) is 0 Å². The first-order chi connectivity index (χ1) is 18.3. The van der Waals surface area contributed by atoms with Crippen molar-refractivity contribution in [2.45, 2.75) is 104 Å². The minimum Gasteiger partial charge on any atom is -0.504 e. The highest BCUT2D eigenvalue weighted by Crippen LogP contribution is 2.66. The van der Waals surface area contributed by atoms with Crippen molar-refractivity contribution in [2.75, 3.05) is 6.54 Å². The number of ether oxygens (including phenoxy) is 1. The first kappa shape index (κ1) is 29.2. The van der Waals surface area contributed by atoms with Crippen LogP contribution in [-0.2, 0) is 25.5 Å². The van der Waals surface area contributed by atoms with Gasteiger partial charge >= 0.3 is 5.97 Å². The van der Waals surface area contributed by atoms with E-state index in [-0.39, 0.29) is 52.6 Å². The number of hydrogen-bond donors (Lipinski definition) is 4. The third-order valence-corrected chi connectivity index (χ3v) is 10.3. The molecular weight excluding hydrogens is 500 g/mol. The van der Waals surface area contributed by atoms with Crippen molar-refractivity contribution in [3.05, 3.63) is 23.8 Å². The number of benzene rings is 1. The summed E-state index contributed by atoms with van der Waals surface area (Å²) >= 11 is 0. The molecule has 1 aliphatic heterocycles. The zero-order valence-electron chi connectivity index (χ0n) is 23.8. The van der Waals surface area contributed by atoms with Crippen LogP contribution in [0.3, 0.4) is 0 Å². The molecule has 39 heavy (non-hydrogen) atoms. The second-order valence-electron chi connectivity index (χ2n) is 12.6. The lowest BCUT2D eigenvalue weighted by Crippen LogP contribution is -2.56. The number of rotatable bonds is 9. The number of aromatic hydroxyl groups is 2. The van der Waals surface area contributed by atoms with Crippen LogP contribution in [0.4, 0.5) is 0 Å². The van der Waals surface area contributed by atoms with E-state index >= 15 is 0 Å². The van der Waals surface area contributed by atoms with Gasteiger partial charge in [0.15, 0.2) is 11.5 Å². The van der Waals surface area contributed by atoms with Crippen LogP contribution >= 0.6 is 0 Å². The van der Waals surface area contributed by atoms with Gasteiger partial charge in [0, 0.05) is 18.4 Å². The number of likely N-dealkylation sites (tertiary alicyclic amines) is 1. The molecule has 1 aromatic carbocycles. The van der Waals surface area contributed by atoms with Gasteiger partial charge in [0.05, 0.1) is 0 Å². The highest BCUT2D eigenvalue weighted by atomic mass is 16.5. The third-order valence-electron chi connectivity index (χ3n) is 10.3. The van der Waals surface area contributed by atoms with Crippen LogP contribution in [0.15, 0.2) is 18.2 Å². The number of aliphatic hydroxyl groups excluding tert-OH is 1. The van der Waals surface area contributed by atoms with Crippen LogP contribution in [0.1, 0.15) is 78.7 Å². The second-order valence-corrected chi connectivity index (χ2v) is 12.6. The number of carbonyl (C=O) groups is 3. The van der Waals surface area contributed by atoms with E-state index in [1.54, 1.807) is 4.90 Å². The standard InChI is InChI=1S/C30H44N2O7/c1-6-17(2)25(31-26(36)23(35)15-18-9-10-21(33)22(34)14-18)27(37)32-13-7-8-20(32)28(38)39-24-16-19-11-12-30(24,5)29(19,3)4/h9-10,14,17,19-20,23-25,33-35H,6-8,11-13,15-16H2,1-5H3,(H,31,36)/t17?,19?,20?,23?,24?,25?,30-/m1/s1. The van der Waals surface area contributed by atoms with E-state index in [4.69, 9.17) is 4.74 Å². The molecule has 3 aliphatic rings. The van der Waals surface area contributed by atoms with Gasteiger partial charge in [0.2, 0.25) is 11.8 Å². The van der Waals surface area contributed by atoms with Gasteiger partial charge in [-0.15, -0.1) is 0 Å². The van der Waals surface area contributed by atoms with Gasteiger partial charge in [-0.1, -0.05) is 47.1 Å². The highest BCUT2D eigenvalue weighted by Gasteiger charge is 2.63. The predicted molar refractivity (Wildman–Crippen MR) is 145 cm³/mol. The summed E-state index contributed by atoms with van der Waals surface area (Å²) in [7, 11) is 0. The number of amides is 2. The molecule has 0 radical (unpaired) electrons. The molecule has 9 nitrogen and oxygen atoms in total. The molecule has 1 saturated heterocycles.